The van der Waals surface area contributed by atoms with Crippen molar-refractivity contribution in [2.24, 2.45) is 0 Å². The van der Waals surface area contributed by atoms with E-state index in [-0.39, 0.29) is 0 Å². The van der Waals surface area contributed by atoms with Crippen LogP contribution in [-0.4, -0.2) is 24.6 Å². The maximum absolute atomic E-state index is 5.63. The highest BCUT2D eigenvalue weighted by atomic mass is 16.7. The van der Waals surface area contributed by atoms with Crippen LogP contribution in [0.25, 0.3) is 23.9 Å². The van der Waals surface area contributed by atoms with E-state index in [0.717, 1.165) is 21.5 Å². The zero-order chi connectivity index (χ0) is 13.0. The summed E-state index contributed by atoms with van der Waals surface area (Å²) in [6.07, 6.45) is 1.71. The Hall–Kier alpha value is -2.00. The fraction of sp³-hybridized carbons (Fsp3) is 0.200. The molecular formula is C15H17NO2. The summed E-state index contributed by atoms with van der Waals surface area (Å²) in [5, 5.41) is 3.77. The van der Waals surface area contributed by atoms with Gasteiger partial charge in [-0.2, -0.15) is 4.73 Å². The summed E-state index contributed by atoms with van der Waals surface area (Å²) in [4.78, 5) is 5.63. The predicted octanol–water partition coefficient (Wildman–Crippen LogP) is 1.09. The second-order valence-corrected chi connectivity index (χ2v) is 3.93. The molecule has 0 saturated heterocycles. The van der Waals surface area contributed by atoms with E-state index in [0.29, 0.717) is 19.8 Å². The van der Waals surface area contributed by atoms with Crippen molar-refractivity contribution in [1.29, 1.82) is 0 Å². The van der Waals surface area contributed by atoms with E-state index in [1.807, 2.05) is 24.3 Å². The smallest absolute Gasteiger partial charge is 0.138 e. The van der Waals surface area contributed by atoms with Crippen molar-refractivity contribution in [1.82, 2.24) is 4.73 Å². The molecule has 0 radical (unpaired) electrons. The third-order valence-electron chi connectivity index (χ3n) is 2.72. The molecule has 2 aromatic rings. The van der Waals surface area contributed by atoms with Gasteiger partial charge in [-0.1, -0.05) is 43.5 Å². The lowest BCUT2D eigenvalue weighted by Crippen LogP contribution is -2.33. The highest BCUT2D eigenvalue weighted by molar-refractivity contribution is 5.83. The van der Waals surface area contributed by atoms with E-state index >= 15 is 0 Å². The highest BCUT2D eigenvalue weighted by Gasteiger charge is 2.04. The first kappa shape index (κ1) is 12.5. The number of nitrogens with zero attached hydrogens (tertiary/aromatic N) is 1. The summed E-state index contributed by atoms with van der Waals surface area (Å²) >= 11 is 0. The number of fused-ring (bicyclic) bond motifs is 1. The van der Waals surface area contributed by atoms with Gasteiger partial charge in [0.2, 0.25) is 0 Å². The van der Waals surface area contributed by atoms with Crippen LogP contribution in [0, 0.1) is 0 Å². The van der Waals surface area contributed by atoms with Crippen molar-refractivity contribution < 1.29 is 9.57 Å². The topological polar surface area (TPSA) is 23.4 Å². The van der Waals surface area contributed by atoms with Gasteiger partial charge in [0.15, 0.2) is 0 Å². The third-order valence-corrected chi connectivity index (χ3v) is 2.72. The molecule has 0 atom stereocenters. The van der Waals surface area contributed by atoms with Crippen LogP contribution in [0.4, 0.5) is 0 Å². The van der Waals surface area contributed by atoms with Crippen LogP contribution < -0.4 is 15.5 Å². The fourth-order valence-corrected chi connectivity index (χ4v) is 1.88. The summed E-state index contributed by atoms with van der Waals surface area (Å²) in [5.41, 5.74) is 0. The Labute approximate surface area is 106 Å². The van der Waals surface area contributed by atoms with E-state index in [9.17, 15) is 0 Å². The standard InChI is InChI=1S/C15H17NO2/c1-4-9-17-10-11-18-16-12(2)14-7-5-6-8-15(14)13(16)3/h4-8H,1-3,9-11H2. The molecule has 2 rings (SSSR count). The quantitative estimate of drug-likeness (QED) is 0.560. The maximum atomic E-state index is 5.63. The molecule has 0 aliphatic carbocycles. The van der Waals surface area contributed by atoms with Gasteiger partial charge in [0, 0.05) is 10.8 Å². The Kier molecular flexibility index (Phi) is 3.85. The molecule has 1 heterocycles. The van der Waals surface area contributed by atoms with Gasteiger partial charge in [-0.05, 0) is 0 Å². The average Bonchev–Trinajstić information content (AvgIpc) is 2.64. The zero-order valence-corrected chi connectivity index (χ0v) is 10.4. The Balaban J connectivity index is 2.16. The van der Waals surface area contributed by atoms with Crippen LogP contribution in [-0.2, 0) is 4.74 Å². The Morgan fingerprint density at radius 3 is 2.22 bits per heavy atom. The van der Waals surface area contributed by atoms with Crippen molar-refractivity contribution in [3.05, 3.63) is 47.6 Å². The number of benzene rings is 1. The minimum atomic E-state index is 0.458. The molecule has 3 nitrogen and oxygen atoms in total. The van der Waals surface area contributed by atoms with Gasteiger partial charge in [-0.25, -0.2) is 0 Å². The van der Waals surface area contributed by atoms with Crippen molar-refractivity contribution in [2.45, 2.75) is 0 Å². The summed E-state index contributed by atoms with van der Waals surface area (Å²) in [6, 6.07) is 7.99. The molecule has 0 bridgehead atoms. The van der Waals surface area contributed by atoms with Gasteiger partial charge in [-0.3, -0.25) is 0 Å². The molecule has 1 aromatic heterocycles. The number of rotatable bonds is 6. The van der Waals surface area contributed by atoms with E-state index in [1.165, 1.54) is 0 Å². The molecule has 0 saturated carbocycles. The molecule has 0 unspecified atom stereocenters. The van der Waals surface area contributed by atoms with Crippen LogP contribution in [0.3, 0.4) is 0 Å². The second kappa shape index (κ2) is 5.56. The fourth-order valence-electron chi connectivity index (χ4n) is 1.88. The van der Waals surface area contributed by atoms with E-state index < -0.39 is 0 Å². The summed E-state index contributed by atoms with van der Waals surface area (Å²) < 4.78 is 6.93. The summed E-state index contributed by atoms with van der Waals surface area (Å²) in [5.74, 6) is 0. The first-order valence-electron chi connectivity index (χ1n) is 5.85. The van der Waals surface area contributed by atoms with E-state index in [4.69, 9.17) is 9.57 Å². The van der Waals surface area contributed by atoms with Crippen LogP contribution in [0.15, 0.2) is 36.9 Å². The Bertz CT molecular complexity index is 595. The molecule has 0 spiro atoms. The van der Waals surface area contributed by atoms with Crippen LogP contribution in [0.1, 0.15) is 0 Å². The molecular weight excluding hydrogens is 226 g/mol. The molecule has 94 valence electrons. The van der Waals surface area contributed by atoms with Crippen LogP contribution in [0.5, 0.6) is 0 Å². The number of hydrogen-bond donors (Lipinski definition) is 0. The van der Waals surface area contributed by atoms with Crippen molar-refractivity contribution >= 4 is 23.9 Å². The average molecular weight is 243 g/mol. The van der Waals surface area contributed by atoms with Crippen LogP contribution in [0.2, 0.25) is 0 Å². The molecule has 18 heavy (non-hydrogen) atoms. The molecule has 0 aliphatic rings. The zero-order valence-electron chi connectivity index (χ0n) is 10.4. The molecule has 0 N–H and O–H groups in total. The second-order valence-electron chi connectivity index (χ2n) is 3.93. The van der Waals surface area contributed by atoms with Gasteiger partial charge < -0.3 is 9.57 Å². The van der Waals surface area contributed by atoms with Gasteiger partial charge in [0.25, 0.3) is 0 Å². The molecule has 3 heteroatoms. The van der Waals surface area contributed by atoms with Gasteiger partial charge in [0.05, 0.1) is 23.9 Å². The predicted molar refractivity (Wildman–Crippen MR) is 74.7 cm³/mol. The van der Waals surface area contributed by atoms with Gasteiger partial charge >= 0.3 is 0 Å². The normalized spacial score (nSPS) is 10.7. The Morgan fingerprint density at radius 1 is 1.06 bits per heavy atom. The summed E-state index contributed by atoms with van der Waals surface area (Å²) in [6.45, 7) is 13.1. The van der Waals surface area contributed by atoms with E-state index in [2.05, 4.69) is 19.7 Å². The Morgan fingerprint density at radius 2 is 1.67 bits per heavy atom. The lowest BCUT2D eigenvalue weighted by Gasteiger charge is -2.07. The first-order chi connectivity index (χ1) is 8.75. The SMILES string of the molecule is C=CCOCCOn1c(=C)c2ccccc2c1=C. The van der Waals surface area contributed by atoms with Crippen molar-refractivity contribution in [3.8, 4) is 0 Å². The molecule has 1 aromatic carbocycles. The monoisotopic (exact) mass is 243 g/mol. The largest absolute Gasteiger partial charge is 0.411 e. The highest BCUT2D eigenvalue weighted by Crippen LogP contribution is 2.03. The van der Waals surface area contributed by atoms with Gasteiger partial charge in [0.1, 0.15) is 6.61 Å². The van der Waals surface area contributed by atoms with E-state index in [1.54, 1.807) is 10.8 Å². The molecule has 0 aliphatic heterocycles. The maximum Gasteiger partial charge on any atom is 0.138 e. The number of hydrogen-bond acceptors (Lipinski definition) is 2. The minimum absolute atomic E-state index is 0.458. The van der Waals surface area contributed by atoms with Gasteiger partial charge in [-0.15, -0.1) is 6.58 Å². The summed E-state index contributed by atoms with van der Waals surface area (Å²) in [7, 11) is 0. The minimum Gasteiger partial charge on any atom is -0.411 e. The lowest BCUT2D eigenvalue weighted by molar-refractivity contribution is 0.0420. The third kappa shape index (κ3) is 2.31. The van der Waals surface area contributed by atoms with Crippen molar-refractivity contribution in [2.75, 3.05) is 19.8 Å². The lowest BCUT2D eigenvalue weighted by atomic mass is 10.2. The van der Waals surface area contributed by atoms with Crippen molar-refractivity contribution in [3.63, 3.8) is 0 Å². The first-order valence-corrected chi connectivity index (χ1v) is 5.85. The molecule has 0 amide bonds. The molecule has 0 fully saturated rings. The van der Waals surface area contributed by atoms with Crippen LogP contribution >= 0.6 is 0 Å². The number of ether oxygens (including phenoxy) is 1. The number of aromatic nitrogens is 1.